The minimum absolute atomic E-state index is 0.0616. The normalized spacial score (nSPS) is 14.6. The first-order valence-corrected chi connectivity index (χ1v) is 18.5. The van der Waals surface area contributed by atoms with Crippen LogP contribution in [-0.4, -0.2) is 9.55 Å². The first-order valence-electron chi connectivity index (χ1n) is 18.5. The first-order chi connectivity index (χ1) is 25.3. The first kappa shape index (κ1) is 30.8. The predicted octanol–water partition coefficient (Wildman–Crippen LogP) is 13.7. The molecule has 1 atom stereocenters. The highest BCUT2D eigenvalue weighted by Gasteiger charge is 2.24. The van der Waals surface area contributed by atoms with Crippen molar-refractivity contribution in [3.05, 3.63) is 163 Å². The number of para-hydroxylation sites is 1. The SMILES string of the molecule is CC1CC=Cc2c1c1ccccc1n2-c1cccc(-c2cc(-c3ccc(-c4cccnc4)cc3)c3ccc4cc(C(C)(C)C)cc5ccc2c3c45)c1. The molecule has 0 amide bonds. The van der Waals surface area contributed by atoms with Gasteiger partial charge in [-0.15, -0.1) is 0 Å². The standard InChI is InChI=1S/C50H40N2/c1-31-10-7-16-46-47(31)42-14-5-6-15-45(42)52(46)39-13-8-11-34(28-39)44-29-43(33-19-17-32(18-20-33)37-12-9-25-51-30-37)40-23-21-35-26-38(50(2,3)4)27-36-22-24-41(44)49(40)48(35)36/h5-9,11-31H,10H2,1-4H3. The number of hydrogen-bond acceptors (Lipinski definition) is 1. The molecule has 1 aliphatic rings. The Bertz CT molecular complexity index is 2830. The Morgan fingerprint density at radius 3 is 2.06 bits per heavy atom. The van der Waals surface area contributed by atoms with E-state index in [1.807, 2.05) is 18.5 Å². The van der Waals surface area contributed by atoms with Gasteiger partial charge in [-0.1, -0.05) is 131 Å². The zero-order chi connectivity index (χ0) is 35.1. The fraction of sp³-hybridized carbons (Fsp3) is 0.140. The van der Waals surface area contributed by atoms with Gasteiger partial charge in [-0.3, -0.25) is 4.98 Å². The summed E-state index contributed by atoms with van der Waals surface area (Å²) < 4.78 is 2.47. The van der Waals surface area contributed by atoms with Crippen molar-refractivity contribution in [1.29, 1.82) is 0 Å². The van der Waals surface area contributed by atoms with E-state index in [9.17, 15) is 0 Å². The minimum Gasteiger partial charge on any atom is -0.310 e. The summed E-state index contributed by atoms with van der Waals surface area (Å²) in [5.41, 5.74) is 13.9. The van der Waals surface area contributed by atoms with Crippen LogP contribution in [0, 0.1) is 0 Å². The van der Waals surface area contributed by atoms with Crippen LogP contribution in [0.1, 0.15) is 56.9 Å². The Labute approximate surface area is 305 Å². The van der Waals surface area contributed by atoms with Gasteiger partial charge >= 0.3 is 0 Å². The van der Waals surface area contributed by atoms with Gasteiger partial charge in [0.2, 0.25) is 0 Å². The Kier molecular flexibility index (Phi) is 6.82. The molecule has 2 aromatic heterocycles. The molecule has 0 saturated heterocycles. The van der Waals surface area contributed by atoms with Gasteiger partial charge in [0.05, 0.1) is 5.52 Å². The zero-order valence-electron chi connectivity index (χ0n) is 30.1. The lowest BCUT2D eigenvalue weighted by Crippen LogP contribution is -2.10. The molecule has 0 bridgehead atoms. The van der Waals surface area contributed by atoms with E-state index in [0.29, 0.717) is 5.92 Å². The minimum atomic E-state index is 0.0616. The Morgan fingerprint density at radius 1 is 0.615 bits per heavy atom. The summed E-state index contributed by atoms with van der Waals surface area (Å²) in [6.07, 6.45) is 9.51. The molecule has 250 valence electrons. The van der Waals surface area contributed by atoms with Crippen LogP contribution in [0.3, 0.4) is 0 Å². The molecular weight excluding hydrogens is 629 g/mol. The Hall–Kier alpha value is -5.99. The third-order valence-corrected chi connectivity index (χ3v) is 11.4. The van der Waals surface area contributed by atoms with E-state index in [0.717, 1.165) is 12.0 Å². The average Bonchev–Trinajstić information content (AvgIpc) is 3.52. The molecule has 0 saturated carbocycles. The third-order valence-electron chi connectivity index (χ3n) is 11.4. The van der Waals surface area contributed by atoms with Crippen molar-refractivity contribution < 1.29 is 0 Å². The largest absolute Gasteiger partial charge is 0.310 e. The molecule has 2 nitrogen and oxygen atoms in total. The lowest BCUT2D eigenvalue weighted by atomic mass is 9.81. The van der Waals surface area contributed by atoms with E-state index in [-0.39, 0.29) is 5.41 Å². The maximum Gasteiger partial charge on any atom is 0.0537 e. The van der Waals surface area contributed by atoms with Crippen molar-refractivity contribution >= 4 is 49.3 Å². The smallest absolute Gasteiger partial charge is 0.0537 e. The number of pyridine rings is 1. The zero-order valence-corrected chi connectivity index (χ0v) is 30.1. The van der Waals surface area contributed by atoms with E-state index in [4.69, 9.17) is 0 Å². The number of nitrogens with zero attached hydrogens (tertiary/aromatic N) is 2. The topological polar surface area (TPSA) is 17.8 Å². The van der Waals surface area contributed by atoms with Gasteiger partial charge in [-0.05, 0) is 131 Å². The van der Waals surface area contributed by atoms with Gasteiger partial charge in [0.25, 0.3) is 0 Å². The van der Waals surface area contributed by atoms with E-state index >= 15 is 0 Å². The van der Waals surface area contributed by atoms with Crippen LogP contribution in [0.5, 0.6) is 0 Å². The molecule has 10 rings (SSSR count). The molecule has 9 aromatic rings. The van der Waals surface area contributed by atoms with Crippen molar-refractivity contribution in [1.82, 2.24) is 9.55 Å². The number of benzene rings is 7. The fourth-order valence-electron chi connectivity index (χ4n) is 8.76. The summed E-state index contributed by atoms with van der Waals surface area (Å²) in [6, 6.07) is 47.9. The third kappa shape index (κ3) is 4.74. The number of aromatic nitrogens is 2. The van der Waals surface area contributed by atoms with Crippen molar-refractivity contribution in [2.45, 2.75) is 45.4 Å². The molecule has 0 spiro atoms. The highest BCUT2D eigenvalue weighted by atomic mass is 15.0. The van der Waals surface area contributed by atoms with E-state index < -0.39 is 0 Å². The van der Waals surface area contributed by atoms with Crippen molar-refractivity contribution in [3.63, 3.8) is 0 Å². The molecule has 0 radical (unpaired) electrons. The van der Waals surface area contributed by atoms with Gasteiger partial charge in [0.1, 0.15) is 0 Å². The highest BCUT2D eigenvalue weighted by molar-refractivity contribution is 6.28. The average molecular weight is 669 g/mol. The fourth-order valence-corrected chi connectivity index (χ4v) is 8.76. The second-order valence-corrected chi connectivity index (χ2v) is 15.7. The van der Waals surface area contributed by atoms with Crippen molar-refractivity contribution in [2.24, 2.45) is 0 Å². The maximum atomic E-state index is 4.36. The summed E-state index contributed by atoms with van der Waals surface area (Å²) >= 11 is 0. The summed E-state index contributed by atoms with van der Waals surface area (Å²) in [4.78, 5) is 4.36. The van der Waals surface area contributed by atoms with Crippen molar-refractivity contribution in [3.8, 4) is 39.1 Å². The second-order valence-electron chi connectivity index (χ2n) is 15.7. The molecule has 52 heavy (non-hydrogen) atoms. The number of fused-ring (bicyclic) bond motifs is 3. The summed E-state index contributed by atoms with van der Waals surface area (Å²) in [6.45, 7) is 9.27. The van der Waals surface area contributed by atoms with Crippen LogP contribution in [0.25, 0.3) is 88.4 Å². The maximum absolute atomic E-state index is 4.36. The molecule has 2 heterocycles. The van der Waals surface area contributed by atoms with E-state index in [2.05, 4.69) is 171 Å². The van der Waals surface area contributed by atoms with E-state index in [1.165, 1.54) is 93.5 Å². The number of rotatable bonds is 4. The summed E-state index contributed by atoms with van der Waals surface area (Å²) in [5.74, 6) is 0.484. The predicted molar refractivity (Wildman–Crippen MR) is 222 cm³/mol. The van der Waals surface area contributed by atoms with Gasteiger partial charge in [0, 0.05) is 29.2 Å². The van der Waals surface area contributed by atoms with Crippen LogP contribution < -0.4 is 0 Å². The molecular formula is C50H40N2. The lowest BCUT2D eigenvalue weighted by molar-refractivity contribution is 0.591. The quantitative estimate of drug-likeness (QED) is 0.171. The molecule has 2 heteroatoms. The van der Waals surface area contributed by atoms with Crippen LogP contribution in [0.15, 0.2) is 146 Å². The monoisotopic (exact) mass is 668 g/mol. The van der Waals surface area contributed by atoms with Crippen LogP contribution in [0.2, 0.25) is 0 Å². The van der Waals surface area contributed by atoms with E-state index in [1.54, 1.807) is 0 Å². The molecule has 0 fully saturated rings. The number of hydrogen-bond donors (Lipinski definition) is 0. The molecule has 0 N–H and O–H groups in total. The van der Waals surface area contributed by atoms with Gasteiger partial charge in [-0.25, -0.2) is 0 Å². The van der Waals surface area contributed by atoms with Crippen molar-refractivity contribution in [2.75, 3.05) is 0 Å². The summed E-state index contributed by atoms with van der Waals surface area (Å²) in [7, 11) is 0. The number of allylic oxidation sites excluding steroid dienone is 1. The molecule has 0 aliphatic heterocycles. The van der Waals surface area contributed by atoms with Gasteiger partial charge < -0.3 is 4.57 Å². The van der Waals surface area contributed by atoms with Crippen LogP contribution in [0.4, 0.5) is 0 Å². The Morgan fingerprint density at radius 2 is 1.33 bits per heavy atom. The molecule has 1 unspecified atom stereocenters. The van der Waals surface area contributed by atoms with Crippen LogP contribution in [-0.2, 0) is 5.41 Å². The van der Waals surface area contributed by atoms with Crippen LogP contribution >= 0.6 is 0 Å². The van der Waals surface area contributed by atoms with Gasteiger partial charge in [-0.2, -0.15) is 0 Å². The summed E-state index contributed by atoms with van der Waals surface area (Å²) in [5, 5.41) is 9.22. The Balaban J connectivity index is 1.23. The molecule has 1 aliphatic carbocycles. The highest BCUT2D eigenvalue weighted by Crippen LogP contribution is 2.46. The van der Waals surface area contributed by atoms with Gasteiger partial charge in [0.15, 0.2) is 0 Å². The molecule has 7 aromatic carbocycles. The lowest BCUT2D eigenvalue weighted by Gasteiger charge is -2.23. The second kappa shape index (κ2) is 11.5.